The van der Waals surface area contributed by atoms with Gasteiger partial charge in [0.1, 0.15) is 16.6 Å². The van der Waals surface area contributed by atoms with Crippen molar-refractivity contribution in [1.29, 1.82) is 0 Å². The van der Waals surface area contributed by atoms with Crippen LogP contribution in [0.2, 0.25) is 5.15 Å². The number of nitrogens with zero attached hydrogens (tertiary/aromatic N) is 1. The predicted molar refractivity (Wildman–Crippen MR) is 50.7 cm³/mol. The van der Waals surface area contributed by atoms with Crippen molar-refractivity contribution in [1.82, 2.24) is 4.98 Å². The normalized spacial score (nSPS) is 9.85. The molecule has 3 nitrogen and oxygen atoms in total. The molecule has 1 heterocycles. The molecule has 70 valence electrons. The van der Waals surface area contributed by atoms with Gasteiger partial charge < -0.3 is 4.74 Å². The van der Waals surface area contributed by atoms with Crippen molar-refractivity contribution >= 4 is 17.9 Å². The van der Waals surface area contributed by atoms with Gasteiger partial charge in [-0.05, 0) is 13.8 Å². The van der Waals surface area contributed by atoms with Gasteiger partial charge >= 0.3 is 0 Å². The maximum atomic E-state index is 10.6. The van der Waals surface area contributed by atoms with E-state index in [1.165, 1.54) is 0 Å². The molecule has 0 aliphatic rings. The van der Waals surface area contributed by atoms with E-state index in [1.807, 2.05) is 0 Å². The lowest BCUT2D eigenvalue weighted by Gasteiger charge is -2.10. The zero-order valence-electron chi connectivity index (χ0n) is 7.72. The average Bonchev–Trinajstić information content (AvgIpc) is 2.12. The third-order valence-corrected chi connectivity index (χ3v) is 2.28. The van der Waals surface area contributed by atoms with Gasteiger partial charge in [0.25, 0.3) is 0 Å². The highest BCUT2D eigenvalue weighted by Crippen LogP contribution is 2.28. The van der Waals surface area contributed by atoms with Gasteiger partial charge in [0.2, 0.25) is 0 Å². The minimum Gasteiger partial charge on any atom is -0.496 e. The van der Waals surface area contributed by atoms with E-state index < -0.39 is 0 Å². The SMILES string of the molecule is COc1c(C)c(Cl)nc(C=O)c1C. The molecule has 1 aromatic heterocycles. The molecular weight excluding hydrogens is 190 g/mol. The highest BCUT2D eigenvalue weighted by molar-refractivity contribution is 6.30. The number of carbonyl (C=O) groups excluding carboxylic acids is 1. The van der Waals surface area contributed by atoms with Crippen LogP contribution in [0.4, 0.5) is 0 Å². The number of hydrogen-bond donors (Lipinski definition) is 0. The standard InChI is InChI=1S/C9H10ClNO2/c1-5-7(4-12)11-9(10)6(2)8(5)13-3/h4H,1-3H3. The highest BCUT2D eigenvalue weighted by atomic mass is 35.5. The van der Waals surface area contributed by atoms with Gasteiger partial charge in [-0.1, -0.05) is 11.6 Å². The van der Waals surface area contributed by atoms with Crippen molar-refractivity contribution in [2.75, 3.05) is 7.11 Å². The van der Waals surface area contributed by atoms with Crippen molar-refractivity contribution < 1.29 is 9.53 Å². The fourth-order valence-electron chi connectivity index (χ4n) is 1.19. The number of hydrogen-bond acceptors (Lipinski definition) is 3. The zero-order valence-corrected chi connectivity index (χ0v) is 8.47. The summed E-state index contributed by atoms with van der Waals surface area (Å²) in [5.74, 6) is 0.627. The number of halogens is 1. The van der Waals surface area contributed by atoms with Crippen molar-refractivity contribution in [3.05, 3.63) is 22.0 Å². The molecule has 0 unspecified atom stereocenters. The van der Waals surface area contributed by atoms with Crippen LogP contribution in [-0.2, 0) is 0 Å². The number of rotatable bonds is 2. The summed E-state index contributed by atoms with van der Waals surface area (Å²) in [5, 5.41) is 0.310. The molecule has 4 heteroatoms. The van der Waals surface area contributed by atoms with Crippen molar-refractivity contribution in [2.24, 2.45) is 0 Å². The van der Waals surface area contributed by atoms with Crippen LogP contribution in [0.1, 0.15) is 21.6 Å². The summed E-state index contributed by atoms with van der Waals surface area (Å²) in [6.45, 7) is 3.58. The quantitative estimate of drug-likeness (QED) is 0.541. The van der Waals surface area contributed by atoms with Gasteiger partial charge in [-0.2, -0.15) is 0 Å². The Balaban J connectivity index is 3.47. The first-order valence-electron chi connectivity index (χ1n) is 3.77. The Bertz CT molecular complexity index is 350. The lowest BCUT2D eigenvalue weighted by Crippen LogP contribution is -2.00. The van der Waals surface area contributed by atoms with E-state index >= 15 is 0 Å². The average molecular weight is 200 g/mol. The van der Waals surface area contributed by atoms with Crippen LogP contribution in [0, 0.1) is 13.8 Å². The van der Waals surface area contributed by atoms with E-state index in [1.54, 1.807) is 21.0 Å². The Hall–Kier alpha value is -1.09. The molecule has 0 bridgehead atoms. The third-order valence-electron chi connectivity index (χ3n) is 1.91. The smallest absolute Gasteiger partial charge is 0.168 e. The van der Waals surface area contributed by atoms with Crippen LogP contribution >= 0.6 is 11.6 Å². The zero-order chi connectivity index (χ0) is 10.0. The van der Waals surface area contributed by atoms with E-state index in [-0.39, 0.29) is 0 Å². The van der Waals surface area contributed by atoms with Crippen molar-refractivity contribution in [2.45, 2.75) is 13.8 Å². The topological polar surface area (TPSA) is 39.2 Å². The maximum Gasteiger partial charge on any atom is 0.168 e. The molecular formula is C9H10ClNO2. The Kier molecular flexibility index (Phi) is 2.88. The number of carbonyl (C=O) groups is 1. The highest BCUT2D eigenvalue weighted by Gasteiger charge is 2.12. The van der Waals surface area contributed by atoms with Crippen LogP contribution in [0.25, 0.3) is 0 Å². The predicted octanol–water partition coefficient (Wildman–Crippen LogP) is 2.17. The fourth-order valence-corrected chi connectivity index (χ4v) is 1.36. The van der Waals surface area contributed by atoms with E-state index in [0.29, 0.717) is 22.9 Å². The molecule has 0 radical (unpaired) electrons. The molecule has 1 aromatic rings. The molecule has 0 saturated heterocycles. The molecule has 0 spiro atoms. The van der Waals surface area contributed by atoms with E-state index in [9.17, 15) is 4.79 Å². The number of methoxy groups -OCH3 is 1. The first-order valence-corrected chi connectivity index (χ1v) is 4.15. The van der Waals surface area contributed by atoms with Gasteiger partial charge in [0.05, 0.1) is 7.11 Å². The van der Waals surface area contributed by atoms with Crippen LogP contribution in [0.15, 0.2) is 0 Å². The fraction of sp³-hybridized carbons (Fsp3) is 0.333. The van der Waals surface area contributed by atoms with Crippen LogP contribution < -0.4 is 4.74 Å². The lowest BCUT2D eigenvalue weighted by molar-refractivity contribution is 0.111. The molecule has 0 atom stereocenters. The molecule has 0 fully saturated rings. The second kappa shape index (κ2) is 3.75. The molecule has 1 rings (SSSR count). The molecule has 0 amide bonds. The Morgan fingerprint density at radius 3 is 2.46 bits per heavy atom. The molecule has 0 saturated carbocycles. The molecule has 0 aromatic carbocycles. The Labute approximate surface area is 81.7 Å². The summed E-state index contributed by atoms with van der Waals surface area (Å²) in [6.07, 6.45) is 0.670. The second-order valence-corrected chi connectivity index (χ2v) is 3.05. The lowest BCUT2D eigenvalue weighted by atomic mass is 10.1. The Morgan fingerprint density at radius 2 is 2.00 bits per heavy atom. The van der Waals surface area contributed by atoms with Gasteiger partial charge in [-0.3, -0.25) is 4.79 Å². The minimum atomic E-state index is 0.310. The van der Waals surface area contributed by atoms with Crippen molar-refractivity contribution in [3.8, 4) is 5.75 Å². The van der Waals surface area contributed by atoms with Crippen LogP contribution in [-0.4, -0.2) is 18.4 Å². The van der Waals surface area contributed by atoms with E-state index in [0.717, 1.165) is 11.1 Å². The largest absolute Gasteiger partial charge is 0.496 e. The molecule has 0 aliphatic heterocycles. The first-order chi connectivity index (χ1) is 6.11. The van der Waals surface area contributed by atoms with Gasteiger partial charge in [-0.15, -0.1) is 0 Å². The summed E-state index contributed by atoms with van der Waals surface area (Å²) in [6, 6.07) is 0. The van der Waals surface area contributed by atoms with Crippen LogP contribution in [0.5, 0.6) is 5.75 Å². The van der Waals surface area contributed by atoms with Gasteiger partial charge in [0, 0.05) is 11.1 Å². The third kappa shape index (κ3) is 1.65. The number of aromatic nitrogens is 1. The van der Waals surface area contributed by atoms with Gasteiger partial charge in [0.15, 0.2) is 6.29 Å². The number of aldehydes is 1. The summed E-state index contributed by atoms with van der Waals surface area (Å²) in [4.78, 5) is 14.5. The summed E-state index contributed by atoms with van der Waals surface area (Å²) in [7, 11) is 1.54. The second-order valence-electron chi connectivity index (χ2n) is 2.69. The molecule has 13 heavy (non-hydrogen) atoms. The van der Waals surface area contributed by atoms with Crippen molar-refractivity contribution in [3.63, 3.8) is 0 Å². The van der Waals surface area contributed by atoms with Crippen LogP contribution in [0.3, 0.4) is 0 Å². The van der Waals surface area contributed by atoms with E-state index in [4.69, 9.17) is 16.3 Å². The minimum absolute atomic E-state index is 0.310. The first kappa shape index (κ1) is 9.99. The van der Waals surface area contributed by atoms with Gasteiger partial charge in [-0.25, -0.2) is 4.98 Å². The molecule has 0 aliphatic carbocycles. The summed E-state index contributed by atoms with van der Waals surface area (Å²) < 4.78 is 5.12. The monoisotopic (exact) mass is 199 g/mol. The number of ether oxygens (including phenoxy) is 1. The molecule has 0 N–H and O–H groups in total. The Morgan fingerprint density at radius 1 is 1.38 bits per heavy atom. The number of pyridine rings is 1. The summed E-state index contributed by atoms with van der Waals surface area (Å²) >= 11 is 5.80. The summed E-state index contributed by atoms with van der Waals surface area (Å²) in [5.41, 5.74) is 1.80. The van der Waals surface area contributed by atoms with E-state index in [2.05, 4.69) is 4.98 Å². The maximum absolute atomic E-state index is 10.6.